The number of para-hydroxylation sites is 1. The highest BCUT2D eigenvalue weighted by Crippen LogP contribution is 2.27. The van der Waals surface area contributed by atoms with E-state index < -0.39 is 0 Å². The van der Waals surface area contributed by atoms with Crippen LogP contribution in [-0.2, 0) is 4.79 Å². The minimum atomic E-state index is -0.150. The molecule has 1 unspecified atom stereocenters. The highest BCUT2D eigenvalue weighted by Gasteiger charge is 2.23. The van der Waals surface area contributed by atoms with Gasteiger partial charge in [-0.25, -0.2) is 0 Å². The molecule has 1 aromatic rings. The number of carbonyl (C=O) groups excluding carboxylic acids is 1. The molecule has 1 saturated heterocycles. The van der Waals surface area contributed by atoms with Crippen LogP contribution in [0, 0.1) is 0 Å². The van der Waals surface area contributed by atoms with E-state index in [1.54, 1.807) is 35.7 Å². The minimum absolute atomic E-state index is 0.0838. The maximum Gasteiger partial charge on any atom is 0.325 e. The average molecular weight is 266 g/mol. The van der Waals surface area contributed by atoms with Gasteiger partial charge in [0.1, 0.15) is 11.0 Å². The highest BCUT2D eigenvalue weighted by molar-refractivity contribution is 8.04. The van der Waals surface area contributed by atoms with Gasteiger partial charge in [0.15, 0.2) is 0 Å². The van der Waals surface area contributed by atoms with Crippen LogP contribution in [0.25, 0.3) is 0 Å². The van der Waals surface area contributed by atoms with Crippen molar-refractivity contribution >= 4 is 29.5 Å². The lowest BCUT2D eigenvalue weighted by Gasteiger charge is -2.11. The summed E-state index contributed by atoms with van der Waals surface area (Å²) in [6, 6.07) is 9.22. The topological polar surface area (TPSA) is 26.3 Å². The molecule has 0 aromatic heterocycles. The Morgan fingerprint density at radius 2 is 2.06 bits per heavy atom. The Kier molecular flexibility index (Phi) is 4.57. The zero-order chi connectivity index (χ0) is 12.1. The van der Waals surface area contributed by atoms with Crippen LogP contribution in [0.5, 0.6) is 5.75 Å². The van der Waals surface area contributed by atoms with E-state index in [-0.39, 0.29) is 11.2 Å². The summed E-state index contributed by atoms with van der Waals surface area (Å²) in [5.41, 5.74) is 1.19. The number of thioether (sulfide) groups is 2. The fourth-order valence-electron chi connectivity index (χ4n) is 1.43. The highest BCUT2D eigenvalue weighted by atomic mass is 32.2. The van der Waals surface area contributed by atoms with Crippen molar-refractivity contribution < 1.29 is 9.53 Å². The lowest BCUT2D eigenvalue weighted by atomic mass is 10.3. The van der Waals surface area contributed by atoms with Crippen LogP contribution in [0.2, 0.25) is 0 Å². The van der Waals surface area contributed by atoms with E-state index in [0.29, 0.717) is 5.75 Å². The molecular formula is C13H14O2S2. The van der Waals surface area contributed by atoms with Crippen LogP contribution in [0.15, 0.2) is 42.5 Å². The largest absolute Gasteiger partial charge is 0.426 e. The monoisotopic (exact) mass is 266 g/mol. The zero-order valence-electron chi connectivity index (χ0n) is 9.43. The van der Waals surface area contributed by atoms with Gasteiger partial charge in [0, 0.05) is 17.3 Å². The molecule has 90 valence electrons. The fourth-order valence-corrected chi connectivity index (χ4v) is 3.81. The molecule has 1 fully saturated rings. The zero-order valence-corrected chi connectivity index (χ0v) is 11.1. The molecule has 0 bridgehead atoms. The second-order valence-electron chi connectivity index (χ2n) is 3.80. The van der Waals surface area contributed by atoms with Crippen LogP contribution >= 0.6 is 23.5 Å². The van der Waals surface area contributed by atoms with Gasteiger partial charge in [-0.3, -0.25) is 4.79 Å². The van der Waals surface area contributed by atoms with E-state index in [1.807, 2.05) is 18.2 Å². The number of hydrogen-bond acceptors (Lipinski definition) is 4. The van der Waals surface area contributed by atoms with Gasteiger partial charge in [0.2, 0.25) is 0 Å². The average Bonchev–Trinajstić information content (AvgIpc) is 2.55. The SMILES string of the molecule is C=C1CSCC(C(=O)Oc2ccccc2)SC1. The summed E-state index contributed by atoms with van der Waals surface area (Å²) in [5.74, 6) is 3.06. The quantitative estimate of drug-likeness (QED) is 0.467. The third kappa shape index (κ3) is 3.82. The fraction of sp³-hybridized carbons (Fsp3) is 0.308. The Morgan fingerprint density at radius 1 is 1.29 bits per heavy atom. The molecule has 0 amide bonds. The molecule has 0 radical (unpaired) electrons. The first-order chi connectivity index (χ1) is 8.25. The molecule has 4 heteroatoms. The van der Waals surface area contributed by atoms with Gasteiger partial charge >= 0.3 is 5.97 Å². The van der Waals surface area contributed by atoms with Crippen molar-refractivity contribution in [3.63, 3.8) is 0 Å². The van der Waals surface area contributed by atoms with Gasteiger partial charge in [0.05, 0.1) is 0 Å². The third-order valence-electron chi connectivity index (χ3n) is 2.29. The number of carbonyl (C=O) groups is 1. The van der Waals surface area contributed by atoms with Crippen molar-refractivity contribution in [1.82, 2.24) is 0 Å². The van der Waals surface area contributed by atoms with Crippen molar-refractivity contribution in [3.05, 3.63) is 42.5 Å². The van der Waals surface area contributed by atoms with Gasteiger partial charge in [0.25, 0.3) is 0 Å². The summed E-state index contributed by atoms with van der Waals surface area (Å²) in [7, 11) is 0. The number of esters is 1. The van der Waals surface area contributed by atoms with Gasteiger partial charge in [-0.1, -0.05) is 30.4 Å². The summed E-state index contributed by atoms with van der Waals surface area (Å²) in [5, 5.41) is -0.0838. The maximum atomic E-state index is 11.9. The molecule has 1 aliphatic heterocycles. The molecule has 1 heterocycles. The molecule has 2 nitrogen and oxygen atoms in total. The second-order valence-corrected chi connectivity index (χ2v) is 6.02. The molecule has 1 aliphatic rings. The summed E-state index contributed by atoms with van der Waals surface area (Å²) in [6.07, 6.45) is 0. The van der Waals surface area contributed by atoms with E-state index in [1.165, 1.54) is 5.57 Å². The molecule has 17 heavy (non-hydrogen) atoms. The van der Waals surface area contributed by atoms with E-state index in [0.717, 1.165) is 17.3 Å². The predicted molar refractivity (Wildman–Crippen MR) is 74.8 cm³/mol. The van der Waals surface area contributed by atoms with Gasteiger partial charge in [-0.15, -0.1) is 11.8 Å². The molecule has 0 saturated carbocycles. The van der Waals surface area contributed by atoms with Gasteiger partial charge in [-0.05, 0) is 12.1 Å². The third-order valence-corrected chi connectivity index (χ3v) is 5.02. The van der Waals surface area contributed by atoms with Gasteiger partial charge in [-0.2, -0.15) is 11.8 Å². The normalized spacial score (nSPS) is 20.7. The number of rotatable bonds is 2. The van der Waals surface area contributed by atoms with Crippen molar-refractivity contribution in [1.29, 1.82) is 0 Å². The Hall–Kier alpha value is -0.870. The minimum Gasteiger partial charge on any atom is -0.426 e. The van der Waals surface area contributed by atoms with E-state index in [9.17, 15) is 4.79 Å². The second kappa shape index (κ2) is 6.17. The summed E-state index contributed by atoms with van der Waals surface area (Å²) >= 11 is 3.37. The molecule has 2 rings (SSSR count). The van der Waals surface area contributed by atoms with E-state index in [4.69, 9.17) is 4.74 Å². The molecule has 0 aliphatic carbocycles. The Morgan fingerprint density at radius 3 is 2.82 bits per heavy atom. The summed E-state index contributed by atoms with van der Waals surface area (Å²) in [6.45, 7) is 3.96. The Balaban J connectivity index is 1.93. The van der Waals surface area contributed by atoms with E-state index in [2.05, 4.69) is 6.58 Å². The predicted octanol–water partition coefficient (Wildman–Crippen LogP) is 3.00. The standard InChI is InChI=1S/C13H14O2S2/c1-10-7-16-9-12(17-8-10)13(14)15-11-5-3-2-4-6-11/h2-6,12H,1,7-9H2. The molecule has 0 N–H and O–H groups in total. The van der Waals surface area contributed by atoms with Crippen molar-refractivity contribution in [2.45, 2.75) is 5.25 Å². The first-order valence-electron chi connectivity index (χ1n) is 5.38. The van der Waals surface area contributed by atoms with E-state index >= 15 is 0 Å². The number of hydrogen-bond donors (Lipinski definition) is 0. The van der Waals surface area contributed by atoms with Crippen LogP contribution in [0.4, 0.5) is 0 Å². The van der Waals surface area contributed by atoms with Crippen molar-refractivity contribution in [2.24, 2.45) is 0 Å². The number of benzene rings is 1. The van der Waals surface area contributed by atoms with Gasteiger partial charge < -0.3 is 4.74 Å². The number of ether oxygens (including phenoxy) is 1. The lowest BCUT2D eigenvalue weighted by molar-refractivity contribution is -0.133. The molecule has 0 spiro atoms. The van der Waals surface area contributed by atoms with Crippen LogP contribution in [-0.4, -0.2) is 28.5 Å². The Bertz CT molecular complexity index is 403. The van der Waals surface area contributed by atoms with Crippen LogP contribution in [0.3, 0.4) is 0 Å². The molecule has 1 atom stereocenters. The molecule has 1 aromatic carbocycles. The van der Waals surface area contributed by atoms with Crippen LogP contribution < -0.4 is 4.74 Å². The maximum absolute atomic E-state index is 11.9. The molecular weight excluding hydrogens is 252 g/mol. The first-order valence-corrected chi connectivity index (χ1v) is 7.59. The lowest BCUT2D eigenvalue weighted by Crippen LogP contribution is -2.25. The first kappa shape index (κ1) is 12.6. The smallest absolute Gasteiger partial charge is 0.325 e. The van der Waals surface area contributed by atoms with Crippen LogP contribution in [0.1, 0.15) is 0 Å². The summed E-state index contributed by atoms with van der Waals surface area (Å²) in [4.78, 5) is 11.9. The van der Waals surface area contributed by atoms with Crippen molar-refractivity contribution in [3.8, 4) is 5.75 Å². The van der Waals surface area contributed by atoms with Crippen molar-refractivity contribution in [2.75, 3.05) is 17.3 Å². The Labute approximate surface area is 110 Å². The summed E-state index contributed by atoms with van der Waals surface area (Å²) < 4.78 is 5.34.